The number of halogens is 3. The van der Waals surface area contributed by atoms with E-state index in [1.54, 1.807) is 34.1 Å². The Morgan fingerprint density at radius 3 is 2.44 bits per heavy atom. The maximum absolute atomic E-state index is 13.1. The van der Waals surface area contributed by atoms with Crippen LogP contribution in [0.25, 0.3) is 11.2 Å². The van der Waals surface area contributed by atoms with Gasteiger partial charge >= 0.3 is 11.9 Å². The van der Waals surface area contributed by atoms with E-state index in [0.29, 0.717) is 17.0 Å². The van der Waals surface area contributed by atoms with Gasteiger partial charge in [0.25, 0.3) is 5.56 Å². The van der Waals surface area contributed by atoms with E-state index in [1.807, 2.05) is 19.9 Å². The third-order valence-corrected chi connectivity index (χ3v) is 4.90. The molecule has 2 aromatic heterocycles. The summed E-state index contributed by atoms with van der Waals surface area (Å²) in [5, 5.41) is 1.70. The Bertz CT molecular complexity index is 1210. The van der Waals surface area contributed by atoms with Crippen molar-refractivity contribution in [1.82, 2.24) is 24.0 Å². The lowest BCUT2D eigenvalue weighted by molar-refractivity contribution is -0.138. The van der Waals surface area contributed by atoms with E-state index in [4.69, 9.17) is 0 Å². The number of carbonyl (C=O) groups excluding carboxylic acids is 1. The van der Waals surface area contributed by atoms with Crippen molar-refractivity contribution in [3.8, 4) is 0 Å². The Hall–Kier alpha value is -3.37. The highest BCUT2D eigenvalue weighted by Crippen LogP contribution is 2.13. The minimum Gasteiger partial charge on any atom is -0.345 e. The summed E-state index contributed by atoms with van der Waals surface area (Å²) in [6.45, 7) is 2.22. The van der Waals surface area contributed by atoms with E-state index in [-0.39, 0.29) is 17.7 Å². The SMILES string of the molecule is CC(C)CCn1cnc2c1c(=O)n(CC(=O)NCC(F)(F)F)c(=O)n2Cc1ccccc1. The molecule has 0 unspecified atom stereocenters. The maximum Gasteiger partial charge on any atom is 0.405 e. The number of rotatable bonds is 8. The number of hydrogen-bond donors (Lipinski definition) is 1. The van der Waals surface area contributed by atoms with E-state index in [2.05, 4.69) is 4.98 Å². The summed E-state index contributed by atoms with van der Waals surface area (Å²) < 4.78 is 40.8. The lowest BCUT2D eigenvalue weighted by Crippen LogP contribution is -2.45. The number of hydrogen-bond acceptors (Lipinski definition) is 4. The van der Waals surface area contributed by atoms with Crippen molar-refractivity contribution in [3.63, 3.8) is 0 Å². The summed E-state index contributed by atoms with van der Waals surface area (Å²) >= 11 is 0. The summed E-state index contributed by atoms with van der Waals surface area (Å²) in [4.78, 5) is 42.5. The molecule has 0 bridgehead atoms. The van der Waals surface area contributed by atoms with Crippen LogP contribution in [0, 0.1) is 5.92 Å². The van der Waals surface area contributed by atoms with E-state index in [9.17, 15) is 27.6 Å². The zero-order chi connectivity index (χ0) is 23.5. The van der Waals surface area contributed by atoms with Crippen LogP contribution in [0.5, 0.6) is 0 Å². The highest BCUT2D eigenvalue weighted by Gasteiger charge is 2.28. The Labute approximate surface area is 181 Å². The van der Waals surface area contributed by atoms with Crippen molar-refractivity contribution in [3.05, 3.63) is 63.1 Å². The van der Waals surface area contributed by atoms with Gasteiger partial charge in [0.1, 0.15) is 13.1 Å². The first-order valence-corrected chi connectivity index (χ1v) is 10.1. The quantitative estimate of drug-likeness (QED) is 0.568. The van der Waals surface area contributed by atoms with Gasteiger partial charge in [0.2, 0.25) is 5.91 Å². The number of nitrogens with zero attached hydrogens (tertiary/aromatic N) is 4. The highest BCUT2D eigenvalue weighted by molar-refractivity contribution is 5.76. The second-order valence-electron chi connectivity index (χ2n) is 7.93. The van der Waals surface area contributed by atoms with Crippen LogP contribution < -0.4 is 16.6 Å². The largest absolute Gasteiger partial charge is 0.405 e. The molecule has 0 radical (unpaired) electrons. The molecule has 172 valence electrons. The van der Waals surface area contributed by atoms with Crippen LogP contribution in [0.1, 0.15) is 25.8 Å². The predicted octanol–water partition coefficient (Wildman–Crippen LogP) is 2.13. The van der Waals surface area contributed by atoms with Crippen molar-refractivity contribution >= 4 is 17.1 Å². The Balaban J connectivity index is 2.08. The fourth-order valence-corrected chi connectivity index (χ4v) is 3.25. The molecular weight excluding hydrogens is 427 g/mol. The van der Waals surface area contributed by atoms with Gasteiger partial charge in [0.05, 0.1) is 12.9 Å². The third kappa shape index (κ3) is 5.45. The second-order valence-corrected chi connectivity index (χ2v) is 7.93. The minimum absolute atomic E-state index is 0.0851. The molecule has 1 N–H and O–H groups in total. The van der Waals surface area contributed by atoms with Gasteiger partial charge in [-0.05, 0) is 17.9 Å². The molecule has 3 rings (SSSR count). The van der Waals surface area contributed by atoms with Crippen molar-refractivity contribution in [2.45, 2.75) is 46.1 Å². The van der Waals surface area contributed by atoms with Crippen molar-refractivity contribution in [2.24, 2.45) is 5.92 Å². The molecule has 2 heterocycles. The molecule has 0 aliphatic carbocycles. The van der Waals surface area contributed by atoms with Gasteiger partial charge in [0.15, 0.2) is 11.2 Å². The van der Waals surface area contributed by atoms with E-state index < -0.39 is 36.4 Å². The van der Waals surface area contributed by atoms with Crippen LogP contribution in [0.15, 0.2) is 46.2 Å². The van der Waals surface area contributed by atoms with Crippen LogP contribution in [0.4, 0.5) is 13.2 Å². The molecule has 11 heteroatoms. The standard InChI is InChI=1S/C21H24F3N5O3/c1-14(2)8-9-27-13-26-18-17(27)19(31)29(11-16(30)25-12-21(22,23)24)20(32)28(18)10-15-6-4-3-5-7-15/h3-7,13-14H,8-12H2,1-2H3,(H,25,30). The molecule has 0 atom stereocenters. The molecule has 1 amide bonds. The lowest BCUT2D eigenvalue weighted by atomic mass is 10.1. The van der Waals surface area contributed by atoms with Gasteiger partial charge in [0, 0.05) is 6.54 Å². The van der Waals surface area contributed by atoms with Crippen LogP contribution in [0.3, 0.4) is 0 Å². The summed E-state index contributed by atoms with van der Waals surface area (Å²) in [6.07, 6.45) is -2.40. The molecule has 8 nitrogen and oxygen atoms in total. The number of nitrogens with one attached hydrogen (secondary N) is 1. The summed E-state index contributed by atoms with van der Waals surface area (Å²) in [7, 11) is 0. The van der Waals surface area contributed by atoms with Crippen LogP contribution >= 0.6 is 0 Å². The van der Waals surface area contributed by atoms with E-state index in [1.165, 1.54) is 10.9 Å². The Kier molecular flexibility index (Phi) is 6.85. The van der Waals surface area contributed by atoms with Crippen LogP contribution in [-0.2, 0) is 24.4 Å². The molecule has 0 saturated carbocycles. The molecule has 0 aliphatic rings. The molecule has 0 saturated heterocycles. The highest BCUT2D eigenvalue weighted by atomic mass is 19.4. The number of imidazole rings is 1. The first kappa shape index (κ1) is 23.3. The summed E-state index contributed by atoms with van der Waals surface area (Å²) in [5.41, 5.74) is -0.524. The zero-order valence-corrected chi connectivity index (χ0v) is 17.7. The number of amides is 1. The van der Waals surface area contributed by atoms with Gasteiger partial charge in [-0.15, -0.1) is 0 Å². The van der Waals surface area contributed by atoms with Gasteiger partial charge in [-0.3, -0.25) is 14.2 Å². The first-order valence-electron chi connectivity index (χ1n) is 10.1. The fraction of sp³-hybridized carbons (Fsp3) is 0.429. The van der Waals surface area contributed by atoms with Gasteiger partial charge < -0.3 is 9.88 Å². The summed E-state index contributed by atoms with van der Waals surface area (Å²) in [6, 6.07) is 8.98. The molecule has 3 aromatic rings. The van der Waals surface area contributed by atoms with Crippen LogP contribution in [0.2, 0.25) is 0 Å². The second kappa shape index (κ2) is 9.41. The number of alkyl halides is 3. The topological polar surface area (TPSA) is 90.9 Å². The molecule has 1 aromatic carbocycles. The predicted molar refractivity (Wildman–Crippen MR) is 112 cm³/mol. The van der Waals surface area contributed by atoms with Crippen molar-refractivity contribution in [2.75, 3.05) is 6.54 Å². The maximum atomic E-state index is 13.1. The lowest BCUT2D eigenvalue weighted by Gasteiger charge is -2.14. The first-order chi connectivity index (χ1) is 15.1. The number of carbonyl (C=O) groups is 1. The monoisotopic (exact) mass is 451 g/mol. The van der Waals surface area contributed by atoms with Gasteiger partial charge in [-0.1, -0.05) is 44.2 Å². The molecule has 0 spiro atoms. The Morgan fingerprint density at radius 1 is 1.12 bits per heavy atom. The van der Waals surface area contributed by atoms with Crippen LogP contribution in [-0.4, -0.2) is 37.3 Å². The number of aromatic nitrogens is 4. The summed E-state index contributed by atoms with van der Waals surface area (Å²) in [5.74, 6) is -0.738. The van der Waals surface area contributed by atoms with Gasteiger partial charge in [-0.2, -0.15) is 13.2 Å². The van der Waals surface area contributed by atoms with E-state index >= 15 is 0 Å². The average Bonchev–Trinajstić information content (AvgIpc) is 3.15. The number of aryl methyl sites for hydroxylation is 1. The van der Waals surface area contributed by atoms with E-state index in [0.717, 1.165) is 12.0 Å². The minimum atomic E-state index is -4.60. The average molecular weight is 451 g/mol. The van der Waals surface area contributed by atoms with Gasteiger partial charge in [-0.25, -0.2) is 14.3 Å². The zero-order valence-electron chi connectivity index (χ0n) is 17.7. The Morgan fingerprint density at radius 2 is 1.81 bits per heavy atom. The fourth-order valence-electron chi connectivity index (χ4n) is 3.25. The molecule has 32 heavy (non-hydrogen) atoms. The molecule has 0 fully saturated rings. The number of fused-ring (bicyclic) bond motifs is 1. The van der Waals surface area contributed by atoms with Crippen molar-refractivity contribution in [1.29, 1.82) is 0 Å². The molecule has 0 aliphatic heterocycles. The number of benzene rings is 1. The molecular formula is C21H24F3N5O3. The normalized spacial score (nSPS) is 11.9. The van der Waals surface area contributed by atoms with Crippen molar-refractivity contribution < 1.29 is 18.0 Å². The smallest absolute Gasteiger partial charge is 0.345 e. The third-order valence-electron chi connectivity index (χ3n) is 4.90.